The van der Waals surface area contributed by atoms with E-state index in [1.165, 1.54) is 16.7 Å². The lowest BCUT2D eigenvalue weighted by atomic mass is 9.88. The molecule has 24 heavy (non-hydrogen) atoms. The van der Waals surface area contributed by atoms with Gasteiger partial charge in [0.25, 0.3) is 0 Å². The van der Waals surface area contributed by atoms with Gasteiger partial charge < -0.3 is 5.32 Å². The molecule has 0 radical (unpaired) electrons. The lowest BCUT2D eigenvalue weighted by molar-refractivity contribution is -0.123. The van der Waals surface area contributed by atoms with Gasteiger partial charge in [-0.1, -0.05) is 24.3 Å². The Morgan fingerprint density at radius 3 is 3.12 bits per heavy atom. The fraction of sp³-hybridized carbons (Fsp3) is 0.421. The van der Waals surface area contributed by atoms with Crippen molar-refractivity contribution in [3.63, 3.8) is 0 Å². The highest BCUT2D eigenvalue weighted by Gasteiger charge is 2.24. The molecule has 1 atom stereocenters. The van der Waals surface area contributed by atoms with E-state index in [-0.39, 0.29) is 11.9 Å². The van der Waals surface area contributed by atoms with Crippen molar-refractivity contribution in [1.82, 2.24) is 20.2 Å². The molecule has 0 saturated carbocycles. The fourth-order valence-corrected chi connectivity index (χ4v) is 3.79. The Morgan fingerprint density at radius 1 is 1.25 bits per heavy atom. The molecule has 2 aromatic rings. The van der Waals surface area contributed by atoms with Crippen molar-refractivity contribution in [2.75, 3.05) is 13.1 Å². The van der Waals surface area contributed by atoms with Crippen LogP contribution >= 0.6 is 0 Å². The van der Waals surface area contributed by atoms with E-state index >= 15 is 0 Å². The molecule has 0 spiro atoms. The molecule has 5 nitrogen and oxygen atoms in total. The van der Waals surface area contributed by atoms with Crippen LogP contribution in [0.3, 0.4) is 0 Å². The minimum atomic E-state index is 0.106. The molecule has 0 unspecified atom stereocenters. The maximum Gasteiger partial charge on any atom is 0.234 e. The van der Waals surface area contributed by atoms with Crippen LogP contribution in [0.5, 0.6) is 0 Å². The molecule has 1 amide bonds. The van der Waals surface area contributed by atoms with Gasteiger partial charge in [0.1, 0.15) is 6.33 Å². The van der Waals surface area contributed by atoms with Gasteiger partial charge in [-0.2, -0.15) is 0 Å². The number of nitrogens with one attached hydrogen (secondary N) is 1. The topological polar surface area (TPSA) is 58.1 Å². The Labute approximate surface area is 142 Å². The van der Waals surface area contributed by atoms with E-state index in [0.29, 0.717) is 6.54 Å². The molecule has 2 heterocycles. The van der Waals surface area contributed by atoms with Gasteiger partial charge in [-0.3, -0.25) is 9.69 Å². The predicted octanol–water partition coefficient (Wildman–Crippen LogP) is 2.03. The van der Waals surface area contributed by atoms with Crippen LogP contribution < -0.4 is 5.32 Å². The van der Waals surface area contributed by atoms with Gasteiger partial charge >= 0.3 is 0 Å². The summed E-state index contributed by atoms with van der Waals surface area (Å²) in [6, 6.07) is 8.62. The van der Waals surface area contributed by atoms with Crippen LogP contribution in [-0.2, 0) is 24.2 Å². The highest BCUT2D eigenvalue weighted by atomic mass is 16.2. The number of rotatable bonds is 3. The van der Waals surface area contributed by atoms with Crippen LogP contribution in [0.4, 0.5) is 0 Å². The van der Waals surface area contributed by atoms with Crippen molar-refractivity contribution < 1.29 is 4.79 Å². The number of amides is 1. The van der Waals surface area contributed by atoms with E-state index in [1.54, 1.807) is 6.33 Å². The van der Waals surface area contributed by atoms with E-state index in [9.17, 15) is 4.79 Å². The van der Waals surface area contributed by atoms with Crippen molar-refractivity contribution in [2.45, 2.75) is 38.3 Å². The van der Waals surface area contributed by atoms with E-state index in [0.717, 1.165) is 44.5 Å². The summed E-state index contributed by atoms with van der Waals surface area (Å²) in [6.07, 6.45) is 7.66. The monoisotopic (exact) mass is 322 g/mol. The molecule has 0 saturated heterocycles. The molecule has 1 aromatic heterocycles. The first-order chi connectivity index (χ1) is 11.8. The normalized spacial score (nSPS) is 20.1. The van der Waals surface area contributed by atoms with E-state index < -0.39 is 0 Å². The third-order valence-electron chi connectivity index (χ3n) is 5.02. The Kier molecular flexibility index (Phi) is 4.26. The average molecular weight is 322 g/mol. The van der Waals surface area contributed by atoms with Gasteiger partial charge in [-0.05, 0) is 42.4 Å². The Morgan fingerprint density at radius 2 is 2.17 bits per heavy atom. The fourth-order valence-electron chi connectivity index (χ4n) is 3.79. The van der Waals surface area contributed by atoms with Crippen LogP contribution in [0, 0.1) is 0 Å². The second-order valence-corrected chi connectivity index (χ2v) is 6.67. The van der Waals surface area contributed by atoms with Gasteiger partial charge in [0.05, 0.1) is 18.3 Å². The molecule has 4 rings (SSSR count). The number of nitrogens with zero attached hydrogens (tertiary/aromatic N) is 3. The highest BCUT2D eigenvalue weighted by molar-refractivity contribution is 5.78. The zero-order valence-corrected chi connectivity index (χ0v) is 13.7. The minimum absolute atomic E-state index is 0.106. The second-order valence-electron chi connectivity index (χ2n) is 6.67. The SMILES string of the molecule is O=C(CN1CCc2cncnc2C1)N[C@H]1CCCc2ccccc21. The lowest BCUT2D eigenvalue weighted by Gasteiger charge is -2.29. The van der Waals surface area contributed by atoms with Crippen molar-refractivity contribution in [1.29, 1.82) is 0 Å². The molecule has 5 heteroatoms. The first-order valence-electron chi connectivity index (χ1n) is 8.67. The zero-order valence-electron chi connectivity index (χ0n) is 13.7. The third kappa shape index (κ3) is 3.17. The summed E-state index contributed by atoms with van der Waals surface area (Å²) in [7, 11) is 0. The third-order valence-corrected chi connectivity index (χ3v) is 5.02. The van der Waals surface area contributed by atoms with E-state index in [4.69, 9.17) is 0 Å². The van der Waals surface area contributed by atoms with E-state index in [1.807, 2.05) is 6.20 Å². The number of carbonyl (C=O) groups excluding carboxylic acids is 1. The first kappa shape index (κ1) is 15.3. The van der Waals surface area contributed by atoms with Crippen LogP contribution in [0.15, 0.2) is 36.8 Å². The Balaban J connectivity index is 1.38. The largest absolute Gasteiger partial charge is 0.348 e. The molecule has 2 aliphatic rings. The predicted molar refractivity (Wildman–Crippen MR) is 91.3 cm³/mol. The molecule has 1 aromatic carbocycles. The molecular weight excluding hydrogens is 300 g/mol. The summed E-state index contributed by atoms with van der Waals surface area (Å²) in [5.41, 5.74) is 4.91. The molecule has 1 aliphatic heterocycles. The molecular formula is C19H22N4O. The van der Waals surface area contributed by atoms with Crippen LogP contribution in [-0.4, -0.2) is 33.9 Å². The molecule has 0 bridgehead atoms. The molecule has 1 N–H and O–H groups in total. The number of benzene rings is 1. The molecule has 0 fully saturated rings. The van der Waals surface area contributed by atoms with Gasteiger partial charge in [0.15, 0.2) is 0 Å². The van der Waals surface area contributed by atoms with Gasteiger partial charge in [0, 0.05) is 19.3 Å². The standard InChI is InChI=1S/C19H22N4O/c24-19(12-23-9-8-15-10-20-13-21-18(15)11-23)22-17-7-3-5-14-4-1-2-6-16(14)17/h1-2,4,6,10,13,17H,3,5,7-9,11-12H2,(H,22,24)/t17-/m0/s1. The second kappa shape index (κ2) is 6.69. The zero-order chi connectivity index (χ0) is 16.4. The van der Waals surface area contributed by atoms with Crippen molar-refractivity contribution in [3.8, 4) is 0 Å². The summed E-state index contributed by atoms with van der Waals surface area (Å²) in [6.45, 7) is 2.05. The first-order valence-corrected chi connectivity index (χ1v) is 8.67. The summed E-state index contributed by atoms with van der Waals surface area (Å²) in [5.74, 6) is 0.106. The maximum atomic E-state index is 12.5. The minimum Gasteiger partial charge on any atom is -0.348 e. The lowest BCUT2D eigenvalue weighted by Crippen LogP contribution is -2.41. The molecule has 1 aliphatic carbocycles. The van der Waals surface area contributed by atoms with Gasteiger partial charge in [0.2, 0.25) is 5.91 Å². The van der Waals surface area contributed by atoms with Crippen LogP contribution in [0.1, 0.15) is 41.3 Å². The number of carbonyl (C=O) groups is 1. The Bertz CT molecular complexity index is 746. The van der Waals surface area contributed by atoms with Crippen molar-refractivity contribution in [3.05, 3.63) is 59.2 Å². The van der Waals surface area contributed by atoms with Gasteiger partial charge in [-0.25, -0.2) is 9.97 Å². The maximum absolute atomic E-state index is 12.5. The number of hydrogen-bond acceptors (Lipinski definition) is 4. The van der Waals surface area contributed by atoms with Crippen LogP contribution in [0.25, 0.3) is 0 Å². The average Bonchev–Trinajstić information content (AvgIpc) is 2.62. The summed E-state index contributed by atoms with van der Waals surface area (Å²) >= 11 is 0. The van der Waals surface area contributed by atoms with Crippen molar-refractivity contribution in [2.24, 2.45) is 0 Å². The Hall–Kier alpha value is -2.27. The number of hydrogen-bond donors (Lipinski definition) is 1. The smallest absolute Gasteiger partial charge is 0.234 e. The number of aromatic nitrogens is 2. The summed E-state index contributed by atoms with van der Waals surface area (Å²) < 4.78 is 0. The summed E-state index contributed by atoms with van der Waals surface area (Å²) in [5, 5.41) is 3.23. The summed E-state index contributed by atoms with van der Waals surface area (Å²) in [4.78, 5) is 23.1. The number of fused-ring (bicyclic) bond motifs is 2. The quantitative estimate of drug-likeness (QED) is 0.939. The van der Waals surface area contributed by atoms with Crippen LogP contribution in [0.2, 0.25) is 0 Å². The highest BCUT2D eigenvalue weighted by Crippen LogP contribution is 2.29. The molecule has 124 valence electrons. The van der Waals surface area contributed by atoms with Crippen molar-refractivity contribution >= 4 is 5.91 Å². The van der Waals surface area contributed by atoms with E-state index in [2.05, 4.69) is 44.5 Å². The van der Waals surface area contributed by atoms with Gasteiger partial charge in [-0.15, -0.1) is 0 Å². The number of aryl methyl sites for hydroxylation is 1.